The Morgan fingerprint density at radius 1 is 0.852 bits per heavy atom. The van der Waals surface area contributed by atoms with Gasteiger partial charge in [-0.15, -0.1) is 0 Å². The molecule has 27 heavy (non-hydrogen) atoms. The predicted octanol–water partition coefficient (Wildman–Crippen LogP) is 6.79. The van der Waals surface area contributed by atoms with E-state index in [0.717, 1.165) is 12.1 Å². The summed E-state index contributed by atoms with van der Waals surface area (Å²) in [6.07, 6.45) is -8.68. The summed E-state index contributed by atoms with van der Waals surface area (Å²) in [5.74, 6) is -8.41. The topological polar surface area (TPSA) is 0 Å². The molecule has 1 atom stereocenters. The summed E-state index contributed by atoms with van der Waals surface area (Å²) in [7, 11) is 0. The van der Waals surface area contributed by atoms with Crippen molar-refractivity contribution in [1.29, 1.82) is 0 Å². The van der Waals surface area contributed by atoms with Gasteiger partial charge in [-0.25, -0.2) is 13.2 Å². The number of aryl methyl sites for hydroxylation is 1. The third-order valence-electron chi connectivity index (χ3n) is 3.80. The molecule has 0 aliphatic carbocycles. The first-order valence-electron chi connectivity index (χ1n) is 7.38. The molecule has 1 unspecified atom stereocenters. The molecule has 0 nitrogen and oxygen atoms in total. The lowest BCUT2D eigenvalue weighted by Crippen LogP contribution is -2.20. The van der Waals surface area contributed by atoms with Gasteiger partial charge in [0.25, 0.3) is 0 Å². The summed E-state index contributed by atoms with van der Waals surface area (Å²) >= 11 is 0. The van der Waals surface area contributed by atoms with Crippen LogP contribution in [0.5, 0.6) is 0 Å². The van der Waals surface area contributed by atoms with Gasteiger partial charge in [0, 0.05) is 5.56 Å². The second-order valence-corrected chi connectivity index (χ2v) is 5.72. The van der Waals surface area contributed by atoms with E-state index in [1.54, 1.807) is 0 Å². The van der Waals surface area contributed by atoms with E-state index < -0.39 is 46.8 Å². The van der Waals surface area contributed by atoms with E-state index in [2.05, 4.69) is 0 Å². The number of hydrogen-bond donors (Lipinski definition) is 0. The molecule has 0 heterocycles. The van der Waals surface area contributed by atoms with Gasteiger partial charge < -0.3 is 0 Å². The molecule has 0 bridgehead atoms. The molecule has 0 aliphatic heterocycles. The zero-order valence-electron chi connectivity index (χ0n) is 13.5. The normalized spacial score (nSPS) is 14.0. The Kier molecular flexibility index (Phi) is 5.63. The van der Waals surface area contributed by atoms with Crippen LogP contribution >= 0.6 is 0 Å². The molecule has 0 amide bonds. The SMILES string of the molecule is Cc1ccc(/C=C/C(c2ccc(F)c(F)c2F)C(F)(F)F)cc1C(F)(F)F. The first kappa shape index (κ1) is 20.9. The predicted molar refractivity (Wildman–Crippen MR) is 80.3 cm³/mol. The molecule has 0 radical (unpaired) electrons. The maximum atomic E-state index is 13.7. The lowest BCUT2D eigenvalue weighted by Gasteiger charge is -2.18. The average molecular weight is 398 g/mol. The van der Waals surface area contributed by atoms with Crippen LogP contribution in [0.2, 0.25) is 0 Å². The van der Waals surface area contributed by atoms with Gasteiger partial charge in [-0.3, -0.25) is 0 Å². The van der Waals surface area contributed by atoms with Crippen molar-refractivity contribution in [2.24, 2.45) is 0 Å². The van der Waals surface area contributed by atoms with Crippen LogP contribution in [0, 0.1) is 24.4 Å². The Morgan fingerprint density at radius 3 is 2.04 bits per heavy atom. The largest absolute Gasteiger partial charge is 0.416 e. The van der Waals surface area contributed by atoms with Crippen molar-refractivity contribution in [3.63, 3.8) is 0 Å². The highest BCUT2D eigenvalue weighted by atomic mass is 19.4. The van der Waals surface area contributed by atoms with Crippen molar-refractivity contribution in [3.8, 4) is 0 Å². The van der Waals surface area contributed by atoms with Crippen LogP contribution in [0.1, 0.15) is 28.2 Å². The minimum absolute atomic E-state index is 0.126. The third kappa shape index (κ3) is 4.64. The van der Waals surface area contributed by atoms with Crippen molar-refractivity contribution >= 4 is 6.08 Å². The number of allylic oxidation sites excluding steroid dienone is 1. The van der Waals surface area contributed by atoms with Gasteiger partial charge in [-0.2, -0.15) is 26.3 Å². The zero-order chi connectivity index (χ0) is 20.6. The van der Waals surface area contributed by atoms with Crippen molar-refractivity contribution in [1.82, 2.24) is 0 Å². The van der Waals surface area contributed by atoms with Crippen LogP contribution in [0.15, 0.2) is 36.4 Å². The fraction of sp³-hybridized carbons (Fsp3) is 0.222. The van der Waals surface area contributed by atoms with E-state index in [-0.39, 0.29) is 11.1 Å². The lowest BCUT2D eigenvalue weighted by atomic mass is 9.95. The summed E-state index contributed by atoms with van der Waals surface area (Å²) in [6.45, 7) is 1.19. The lowest BCUT2D eigenvalue weighted by molar-refractivity contribution is -0.140. The highest BCUT2D eigenvalue weighted by molar-refractivity contribution is 5.54. The van der Waals surface area contributed by atoms with Gasteiger partial charge in [0.2, 0.25) is 0 Å². The average Bonchev–Trinajstić information content (AvgIpc) is 2.54. The summed E-state index contributed by atoms with van der Waals surface area (Å²) in [6, 6.07) is 3.64. The first-order chi connectivity index (χ1) is 12.3. The molecule has 2 aromatic rings. The van der Waals surface area contributed by atoms with Crippen LogP contribution in [-0.4, -0.2) is 6.18 Å². The highest BCUT2D eigenvalue weighted by Crippen LogP contribution is 2.39. The summed E-state index contributed by atoms with van der Waals surface area (Å²) in [5.41, 5.74) is -2.56. The van der Waals surface area contributed by atoms with E-state index in [1.807, 2.05) is 0 Å². The summed E-state index contributed by atoms with van der Waals surface area (Å²) in [4.78, 5) is 0. The number of hydrogen-bond acceptors (Lipinski definition) is 0. The summed E-state index contributed by atoms with van der Waals surface area (Å²) < 4.78 is 118. The van der Waals surface area contributed by atoms with E-state index in [9.17, 15) is 39.5 Å². The molecule has 0 aromatic heterocycles. The third-order valence-corrected chi connectivity index (χ3v) is 3.80. The Morgan fingerprint density at radius 2 is 1.48 bits per heavy atom. The van der Waals surface area contributed by atoms with Crippen molar-refractivity contribution < 1.29 is 39.5 Å². The number of rotatable bonds is 3. The number of halogens is 9. The van der Waals surface area contributed by atoms with Crippen LogP contribution < -0.4 is 0 Å². The fourth-order valence-electron chi connectivity index (χ4n) is 2.43. The second-order valence-electron chi connectivity index (χ2n) is 5.72. The second kappa shape index (κ2) is 7.28. The fourth-order valence-corrected chi connectivity index (χ4v) is 2.43. The van der Waals surface area contributed by atoms with Gasteiger partial charge in [-0.05, 0) is 30.2 Å². The minimum Gasteiger partial charge on any atom is -0.204 e. The van der Waals surface area contributed by atoms with Crippen molar-refractivity contribution in [3.05, 3.63) is 76.1 Å². The molecule has 2 aromatic carbocycles. The maximum absolute atomic E-state index is 13.7. The number of benzene rings is 2. The van der Waals surface area contributed by atoms with Gasteiger partial charge in [0.15, 0.2) is 17.5 Å². The Balaban J connectivity index is 2.49. The minimum atomic E-state index is -5.08. The van der Waals surface area contributed by atoms with E-state index >= 15 is 0 Å². The Hall–Kier alpha value is -2.45. The highest BCUT2D eigenvalue weighted by Gasteiger charge is 2.41. The van der Waals surface area contributed by atoms with E-state index in [0.29, 0.717) is 30.4 Å². The standard InChI is InChI=1S/C18H11F9/c1-9-2-3-10(8-13(9)18(25,26)27)4-6-12(17(22,23)24)11-5-7-14(19)16(21)15(11)20/h2-8,12H,1H3/b6-4+. The molecule has 2 rings (SSSR count). The molecular formula is C18H11F9. The molecule has 146 valence electrons. The van der Waals surface area contributed by atoms with Crippen molar-refractivity contribution in [2.45, 2.75) is 25.2 Å². The van der Waals surface area contributed by atoms with Gasteiger partial charge in [-0.1, -0.05) is 30.4 Å². The Labute approximate surface area is 147 Å². The monoisotopic (exact) mass is 398 g/mol. The molecule has 0 N–H and O–H groups in total. The molecule has 0 saturated heterocycles. The van der Waals surface area contributed by atoms with Gasteiger partial charge in [0.05, 0.1) is 5.56 Å². The van der Waals surface area contributed by atoms with E-state index in [4.69, 9.17) is 0 Å². The smallest absolute Gasteiger partial charge is 0.204 e. The molecular weight excluding hydrogens is 387 g/mol. The van der Waals surface area contributed by atoms with Crippen LogP contribution in [0.3, 0.4) is 0 Å². The van der Waals surface area contributed by atoms with E-state index in [1.165, 1.54) is 6.92 Å². The molecule has 0 spiro atoms. The van der Waals surface area contributed by atoms with Crippen molar-refractivity contribution in [2.75, 3.05) is 0 Å². The molecule has 9 heteroatoms. The molecule has 0 aliphatic rings. The van der Waals surface area contributed by atoms with Gasteiger partial charge in [0.1, 0.15) is 5.92 Å². The molecule has 0 fully saturated rings. The van der Waals surface area contributed by atoms with Crippen LogP contribution in [0.4, 0.5) is 39.5 Å². The van der Waals surface area contributed by atoms with Crippen LogP contribution in [0.25, 0.3) is 6.08 Å². The summed E-state index contributed by atoms with van der Waals surface area (Å²) in [5, 5.41) is 0. The first-order valence-corrected chi connectivity index (χ1v) is 7.38. The van der Waals surface area contributed by atoms with Crippen LogP contribution in [-0.2, 0) is 6.18 Å². The number of alkyl halides is 6. The quantitative estimate of drug-likeness (QED) is 0.395. The Bertz CT molecular complexity index is 860. The molecule has 0 saturated carbocycles. The maximum Gasteiger partial charge on any atom is 0.416 e. The zero-order valence-corrected chi connectivity index (χ0v) is 13.5. The van der Waals surface area contributed by atoms with Gasteiger partial charge >= 0.3 is 12.4 Å².